The molecule has 2 rings (SSSR count). The van der Waals surface area contributed by atoms with Gasteiger partial charge in [0, 0.05) is 6.07 Å². The van der Waals surface area contributed by atoms with Gasteiger partial charge < -0.3 is 4.52 Å². The Morgan fingerprint density at radius 2 is 2.21 bits per heavy atom. The lowest BCUT2D eigenvalue weighted by Crippen LogP contribution is -2.24. The molecule has 19 heavy (non-hydrogen) atoms. The van der Waals surface area contributed by atoms with Crippen molar-refractivity contribution < 1.29 is 12.9 Å². The average Bonchev–Trinajstić information content (AvgIpc) is 2.90. The van der Waals surface area contributed by atoms with Crippen LogP contribution < -0.4 is 4.72 Å². The molecule has 0 aliphatic carbocycles. The predicted octanol–water partition coefficient (Wildman–Crippen LogP) is 1.33. The molecule has 0 bridgehead atoms. The molecule has 1 N–H and O–H groups in total. The molecule has 0 atom stereocenters. The smallest absolute Gasteiger partial charge is 0.241 e. The third kappa shape index (κ3) is 2.99. The Bertz CT molecular complexity index is 715. The summed E-state index contributed by atoms with van der Waals surface area (Å²) in [5, 5.41) is 12.4. The Labute approximate surface area is 110 Å². The molecule has 1 heterocycles. The molecule has 7 heteroatoms. The third-order valence-electron chi connectivity index (χ3n) is 2.54. The molecule has 0 amide bonds. The molecule has 0 aliphatic rings. The van der Waals surface area contributed by atoms with E-state index in [1.54, 1.807) is 25.1 Å². The van der Waals surface area contributed by atoms with Crippen molar-refractivity contribution in [3.63, 3.8) is 0 Å². The Kier molecular flexibility index (Phi) is 3.64. The van der Waals surface area contributed by atoms with Crippen LogP contribution in [-0.4, -0.2) is 13.6 Å². The van der Waals surface area contributed by atoms with Crippen molar-refractivity contribution in [2.24, 2.45) is 0 Å². The standard InChI is InChI=1S/C12H11N3O3S/c1-9-2-3-10(7-13)6-12(9)19(16,17)14-8-11-4-5-18-15-11/h2-6,14H,8H2,1H3. The highest BCUT2D eigenvalue weighted by Crippen LogP contribution is 2.16. The number of hydrogen-bond donors (Lipinski definition) is 1. The van der Waals surface area contributed by atoms with Crippen molar-refractivity contribution in [1.29, 1.82) is 5.26 Å². The monoisotopic (exact) mass is 277 g/mol. The summed E-state index contributed by atoms with van der Waals surface area (Å²) < 4.78 is 31.3. The summed E-state index contributed by atoms with van der Waals surface area (Å²) in [4.78, 5) is 0.0926. The minimum atomic E-state index is -3.68. The number of nitriles is 1. The van der Waals surface area contributed by atoms with Gasteiger partial charge in [0.1, 0.15) is 6.26 Å². The molecule has 0 radical (unpaired) electrons. The van der Waals surface area contributed by atoms with Gasteiger partial charge in [-0.25, -0.2) is 13.1 Å². The number of benzene rings is 1. The fourth-order valence-corrected chi connectivity index (χ4v) is 2.80. The SMILES string of the molecule is Cc1ccc(C#N)cc1S(=O)(=O)NCc1ccon1. The zero-order chi connectivity index (χ0) is 13.9. The number of hydrogen-bond acceptors (Lipinski definition) is 5. The number of sulfonamides is 1. The summed E-state index contributed by atoms with van der Waals surface area (Å²) >= 11 is 0. The molecule has 0 fully saturated rings. The van der Waals surface area contributed by atoms with Gasteiger partial charge in [-0.2, -0.15) is 5.26 Å². The van der Waals surface area contributed by atoms with Crippen LogP contribution in [0.3, 0.4) is 0 Å². The van der Waals surface area contributed by atoms with Crippen LogP contribution in [-0.2, 0) is 16.6 Å². The van der Waals surface area contributed by atoms with E-state index >= 15 is 0 Å². The molecule has 0 aliphatic heterocycles. The van der Waals surface area contributed by atoms with Crippen LogP contribution in [0.5, 0.6) is 0 Å². The van der Waals surface area contributed by atoms with E-state index in [2.05, 4.69) is 14.4 Å². The Balaban J connectivity index is 2.27. The van der Waals surface area contributed by atoms with Crippen LogP contribution in [0.25, 0.3) is 0 Å². The minimum Gasteiger partial charge on any atom is -0.364 e. The van der Waals surface area contributed by atoms with Gasteiger partial charge in [0.05, 0.1) is 28.8 Å². The van der Waals surface area contributed by atoms with Gasteiger partial charge in [0.15, 0.2) is 0 Å². The van der Waals surface area contributed by atoms with Gasteiger partial charge in [0.25, 0.3) is 0 Å². The first-order valence-electron chi connectivity index (χ1n) is 5.42. The summed E-state index contributed by atoms with van der Waals surface area (Å²) in [7, 11) is -3.68. The van der Waals surface area contributed by atoms with Crippen molar-refractivity contribution >= 4 is 10.0 Å². The molecule has 2 aromatic rings. The fourth-order valence-electron chi connectivity index (χ4n) is 1.53. The molecule has 0 saturated carbocycles. The molecule has 98 valence electrons. The summed E-state index contributed by atoms with van der Waals surface area (Å²) in [5.74, 6) is 0. The summed E-state index contributed by atoms with van der Waals surface area (Å²) in [6.45, 7) is 1.71. The molecule has 0 saturated heterocycles. The number of nitrogens with zero attached hydrogens (tertiary/aromatic N) is 2. The summed E-state index contributed by atoms with van der Waals surface area (Å²) in [6.07, 6.45) is 1.37. The second kappa shape index (κ2) is 5.22. The van der Waals surface area contributed by atoms with E-state index in [1.165, 1.54) is 12.3 Å². The highest BCUT2D eigenvalue weighted by molar-refractivity contribution is 7.89. The van der Waals surface area contributed by atoms with E-state index in [4.69, 9.17) is 5.26 Å². The Morgan fingerprint density at radius 3 is 2.84 bits per heavy atom. The van der Waals surface area contributed by atoms with E-state index in [-0.39, 0.29) is 11.4 Å². The largest absolute Gasteiger partial charge is 0.364 e. The van der Waals surface area contributed by atoms with Crippen molar-refractivity contribution in [3.05, 3.63) is 47.3 Å². The molecule has 0 unspecified atom stereocenters. The lowest BCUT2D eigenvalue weighted by atomic mass is 10.2. The second-order valence-corrected chi connectivity index (χ2v) is 5.64. The average molecular weight is 277 g/mol. The second-order valence-electron chi connectivity index (χ2n) is 3.91. The van der Waals surface area contributed by atoms with Crippen LogP contribution in [0.4, 0.5) is 0 Å². The number of aromatic nitrogens is 1. The van der Waals surface area contributed by atoms with E-state index in [9.17, 15) is 8.42 Å². The topological polar surface area (TPSA) is 96.0 Å². The predicted molar refractivity (Wildman–Crippen MR) is 66.4 cm³/mol. The molecule has 1 aromatic heterocycles. The normalized spacial score (nSPS) is 11.2. The third-order valence-corrected chi connectivity index (χ3v) is 4.08. The molecule has 1 aromatic carbocycles. The zero-order valence-electron chi connectivity index (χ0n) is 10.1. The number of aryl methyl sites for hydroxylation is 1. The number of rotatable bonds is 4. The lowest BCUT2D eigenvalue weighted by Gasteiger charge is -2.08. The van der Waals surface area contributed by atoms with E-state index in [0.717, 1.165) is 0 Å². The van der Waals surface area contributed by atoms with Crippen molar-refractivity contribution in [2.75, 3.05) is 0 Å². The van der Waals surface area contributed by atoms with E-state index in [1.807, 2.05) is 6.07 Å². The maximum absolute atomic E-state index is 12.1. The maximum atomic E-state index is 12.1. The maximum Gasteiger partial charge on any atom is 0.241 e. The highest BCUT2D eigenvalue weighted by Gasteiger charge is 2.17. The summed E-state index contributed by atoms with van der Waals surface area (Å²) in [5.41, 5.74) is 1.36. The minimum absolute atomic E-state index is 0.0368. The van der Waals surface area contributed by atoms with Gasteiger partial charge in [-0.3, -0.25) is 0 Å². The van der Waals surface area contributed by atoms with Gasteiger partial charge in [0.2, 0.25) is 10.0 Å². The van der Waals surface area contributed by atoms with Crippen LogP contribution in [0.15, 0.2) is 39.9 Å². The first-order valence-corrected chi connectivity index (χ1v) is 6.91. The quantitative estimate of drug-likeness (QED) is 0.909. The molecular weight excluding hydrogens is 266 g/mol. The Hall–Kier alpha value is -2.17. The number of nitrogens with one attached hydrogen (secondary N) is 1. The van der Waals surface area contributed by atoms with Crippen molar-refractivity contribution in [2.45, 2.75) is 18.4 Å². The van der Waals surface area contributed by atoms with Gasteiger partial charge in [-0.15, -0.1) is 0 Å². The summed E-state index contributed by atoms with van der Waals surface area (Å²) in [6, 6.07) is 8.01. The van der Waals surface area contributed by atoms with Crippen molar-refractivity contribution in [3.8, 4) is 6.07 Å². The van der Waals surface area contributed by atoms with Crippen LogP contribution >= 0.6 is 0 Å². The Morgan fingerprint density at radius 1 is 1.42 bits per heavy atom. The lowest BCUT2D eigenvalue weighted by molar-refractivity contribution is 0.411. The van der Waals surface area contributed by atoms with E-state index < -0.39 is 10.0 Å². The van der Waals surface area contributed by atoms with Crippen LogP contribution in [0.2, 0.25) is 0 Å². The molecule has 6 nitrogen and oxygen atoms in total. The molecule has 0 spiro atoms. The highest BCUT2D eigenvalue weighted by atomic mass is 32.2. The fraction of sp³-hybridized carbons (Fsp3) is 0.167. The van der Waals surface area contributed by atoms with Gasteiger partial charge in [-0.1, -0.05) is 11.2 Å². The first kappa shape index (κ1) is 13.3. The zero-order valence-corrected chi connectivity index (χ0v) is 10.9. The van der Waals surface area contributed by atoms with Crippen LogP contribution in [0, 0.1) is 18.3 Å². The van der Waals surface area contributed by atoms with E-state index in [0.29, 0.717) is 16.8 Å². The van der Waals surface area contributed by atoms with Gasteiger partial charge in [-0.05, 0) is 24.6 Å². The van der Waals surface area contributed by atoms with Crippen molar-refractivity contribution in [1.82, 2.24) is 9.88 Å². The van der Waals surface area contributed by atoms with Crippen LogP contribution in [0.1, 0.15) is 16.8 Å². The molecular formula is C12H11N3O3S. The first-order chi connectivity index (χ1) is 9.03. The van der Waals surface area contributed by atoms with Gasteiger partial charge >= 0.3 is 0 Å².